The van der Waals surface area contributed by atoms with Gasteiger partial charge >= 0.3 is 0 Å². The van der Waals surface area contributed by atoms with Gasteiger partial charge in [-0.2, -0.15) is 5.26 Å². The molecule has 10 heteroatoms. The summed E-state index contributed by atoms with van der Waals surface area (Å²) in [5.74, 6) is -0.883. The molecule has 2 amide bonds. The Labute approximate surface area is 180 Å². The summed E-state index contributed by atoms with van der Waals surface area (Å²) in [6.07, 6.45) is 1.71. The summed E-state index contributed by atoms with van der Waals surface area (Å²) in [4.78, 5) is 30.6. The van der Waals surface area contributed by atoms with Gasteiger partial charge in [-0.25, -0.2) is 9.89 Å². The van der Waals surface area contributed by atoms with Crippen molar-refractivity contribution < 1.29 is 9.59 Å². The van der Waals surface area contributed by atoms with Gasteiger partial charge < -0.3 is 0 Å². The van der Waals surface area contributed by atoms with E-state index < -0.39 is 17.1 Å². The predicted molar refractivity (Wildman–Crippen MR) is 112 cm³/mol. The van der Waals surface area contributed by atoms with E-state index in [1.165, 1.54) is 12.1 Å². The zero-order valence-electron chi connectivity index (χ0n) is 14.0. The van der Waals surface area contributed by atoms with E-state index in [0.29, 0.717) is 15.7 Å². The number of halogens is 3. The van der Waals surface area contributed by atoms with Crippen molar-refractivity contribution in [3.05, 3.63) is 57.5 Å². The van der Waals surface area contributed by atoms with E-state index in [1.807, 2.05) is 0 Å². The van der Waals surface area contributed by atoms with E-state index in [2.05, 4.69) is 10.3 Å². The number of nitrogens with zero attached hydrogens (tertiary/aromatic N) is 3. The first-order valence-electron chi connectivity index (χ1n) is 7.87. The molecule has 142 valence electrons. The number of hydrogen-bond donors (Lipinski definition) is 1. The molecule has 1 atom stereocenters. The van der Waals surface area contributed by atoms with Crippen molar-refractivity contribution in [2.75, 3.05) is 4.90 Å². The highest BCUT2D eigenvalue weighted by molar-refractivity contribution is 8.15. The number of hydrogen-bond acceptors (Lipinski definition) is 5. The van der Waals surface area contributed by atoms with Crippen molar-refractivity contribution >= 4 is 74.9 Å². The molecule has 0 aliphatic carbocycles. The van der Waals surface area contributed by atoms with Gasteiger partial charge in [-0.3, -0.25) is 14.9 Å². The quantitative estimate of drug-likeness (QED) is 0.238. The van der Waals surface area contributed by atoms with Crippen LogP contribution >= 0.6 is 46.6 Å². The van der Waals surface area contributed by atoms with Crippen molar-refractivity contribution in [1.29, 1.82) is 5.26 Å². The van der Waals surface area contributed by atoms with Crippen LogP contribution in [0.25, 0.3) is 0 Å². The number of nitriles is 1. The molecular weight excluding hydrogens is 443 g/mol. The molecule has 1 N–H and O–H groups in total. The summed E-state index contributed by atoms with van der Waals surface area (Å²) in [7, 11) is 0. The van der Waals surface area contributed by atoms with Crippen molar-refractivity contribution in [2.45, 2.75) is 11.7 Å². The van der Waals surface area contributed by atoms with Crippen molar-refractivity contribution in [3.63, 3.8) is 0 Å². The lowest BCUT2D eigenvalue weighted by Gasteiger charge is -2.16. The van der Waals surface area contributed by atoms with Crippen LogP contribution < -0.4 is 10.2 Å². The summed E-state index contributed by atoms with van der Waals surface area (Å²) in [5.41, 5.74) is 0.658. The fraction of sp³-hybridized carbons (Fsp3) is 0.111. The molecule has 0 aromatic heterocycles. The summed E-state index contributed by atoms with van der Waals surface area (Å²) in [5, 5.41) is 11.8. The molecule has 6 nitrogen and oxygen atoms in total. The molecule has 1 aliphatic heterocycles. The van der Waals surface area contributed by atoms with Crippen molar-refractivity contribution in [2.24, 2.45) is 4.99 Å². The average molecular weight is 454 g/mol. The van der Waals surface area contributed by atoms with Gasteiger partial charge in [0.2, 0.25) is 11.8 Å². The monoisotopic (exact) mass is 452 g/mol. The molecule has 1 heterocycles. The lowest BCUT2D eigenvalue weighted by molar-refractivity contribution is -0.121. The lowest BCUT2D eigenvalue weighted by Crippen LogP contribution is -2.32. The number of imide groups is 1. The van der Waals surface area contributed by atoms with Gasteiger partial charge in [0.1, 0.15) is 5.25 Å². The van der Waals surface area contributed by atoms with Crippen molar-refractivity contribution in [3.8, 4) is 6.19 Å². The van der Waals surface area contributed by atoms with E-state index in [4.69, 9.17) is 40.1 Å². The molecule has 0 spiro atoms. The molecule has 2 aromatic rings. The number of amidine groups is 1. The molecule has 0 bridgehead atoms. The van der Waals surface area contributed by atoms with Crippen LogP contribution in [-0.4, -0.2) is 22.2 Å². The summed E-state index contributed by atoms with van der Waals surface area (Å²) in [6.45, 7) is 0. The first-order valence-corrected chi connectivity index (χ1v) is 9.89. The maximum Gasteiger partial charge on any atom is 0.247 e. The van der Waals surface area contributed by atoms with E-state index in [9.17, 15) is 9.59 Å². The van der Waals surface area contributed by atoms with Crippen LogP contribution in [0.5, 0.6) is 0 Å². The normalized spacial score (nSPS) is 17.0. The number of aliphatic imine (C=N–C) groups is 1. The van der Waals surface area contributed by atoms with E-state index in [-0.39, 0.29) is 22.3 Å². The van der Waals surface area contributed by atoms with E-state index >= 15 is 0 Å². The summed E-state index contributed by atoms with van der Waals surface area (Å²) in [6, 6.07) is 11.4. The molecule has 0 radical (unpaired) electrons. The number of amides is 2. The highest BCUT2D eigenvalue weighted by Crippen LogP contribution is 2.36. The van der Waals surface area contributed by atoms with Gasteiger partial charge in [0.15, 0.2) is 11.4 Å². The first kappa shape index (κ1) is 20.5. The van der Waals surface area contributed by atoms with Gasteiger partial charge in [-0.05, 0) is 30.3 Å². The second-order valence-electron chi connectivity index (χ2n) is 5.58. The number of para-hydroxylation sites is 1. The third-order valence-corrected chi connectivity index (χ3v) is 5.69. The standard InChI is InChI=1S/C18H11Cl3N4O2S/c19-10-5-6-12(21)14(7-10)25-16(26)8-15(17(25)27)28-18(23-9-22)24-13-4-2-1-3-11(13)20/h1-7,15H,8H2,(H,23,24). The fourth-order valence-corrected chi connectivity index (χ4v) is 4.03. The molecule has 1 aliphatic rings. The number of carbonyl (C=O) groups is 2. The van der Waals surface area contributed by atoms with Crippen LogP contribution in [0.2, 0.25) is 15.1 Å². The highest BCUT2D eigenvalue weighted by atomic mass is 35.5. The molecule has 28 heavy (non-hydrogen) atoms. The van der Waals surface area contributed by atoms with Crippen LogP contribution in [0, 0.1) is 11.5 Å². The number of carbonyl (C=O) groups excluding carboxylic acids is 2. The second-order valence-corrected chi connectivity index (χ2v) is 8.02. The summed E-state index contributed by atoms with van der Waals surface area (Å²) < 4.78 is 0. The van der Waals surface area contributed by atoms with Gasteiger partial charge in [0, 0.05) is 11.4 Å². The number of rotatable bonds is 3. The van der Waals surface area contributed by atoms with Crippen LogP contribution in [0.15, 0.2) is 47.5 Å². The van der Waals surface area contributed by atoms with Crippen LogP contribution in [0.3, 0.4) is 0 Å². The topological polar surface area (TPSA) is 85.6 Å². The first-order chi connectivity index (χ1) is 13.4. The molecule has 2 aromatic carbocycles. The number of thioether (sulfide) groups is 1. The minimum atomic E-state index is -0.773. The van der Waals surface area contributed by atoms with Crippen LogP contribution in [-0.2, 0) is 9.59 Å². The van der Waals surface area contributed by atoms with Crippen LogP contribution in [0.4, 0.5) is 11.4 Å². The largest absolute Gasteiger partial charge is 0.274 e. The minimum Gasteiger partial charge on any atom is -0.274 e. The Balaban J connectivity index is 1.87. The average Bonchev–Trinajstić information content (AvgIpc) is 2.93. The Hall–Kier alpha value is -2.24. The lowest BCUT2D eigenvalue weighted by atomic mass is 10.3. The van der Waals surface area contributed by atoms with E-state index in [0.717, 1.165) is 16.7 Å². The molecular formula is C18H11Cl3N4O2S. The predicted octanol–water partition coefficient (Wildman–Crippen LogP) is 4.77. The zero-order chi connectivity index (χ0) is 20.3. The third kappa shape index (κ3) is 4.42. The van der Waals surface area contributed by atoms with Crippen LogP contribution in [0.1, 0.15) is 6.42 Å². The Morgan fingerprint density at radius 2 is 1.93 bits per heavy atom. The maximum absolute atomic E-state index is 12.8. The molecule has 0 saturated carbocycles. The fourth-order valence-electron chi connectivity index (χ4n) is 2.52. The third-order valence-electron chi connectivity index (χ3n) is 3.75. The smallest absolute Gasteiger partial charge is 0.247 e. The minimum absolute atomic E-state index is 0.0685. The summed E-state index contributed by atoms with van der Waals surface area (Å²) >= 11 is 19.2. The Kier molecular flexibility index (Phi) is 6.47. The number of anilines is 1. The molecule has 3 rings (SSSR count). The van der Waals surface area contributed by atoms with Gasteiger partial charge in [0.05, 0.1) is 21.4 Å². The Bertz CT molecular complexity index is 1020. The Morgan fingerprint density at radius 1 is 1.18 bits per heavy atom. The molecule has 1 unspecified atom stereocenters. The highest BCUT2D eigenvalue weighted by Gasteiger charge is 2.41. The molecule has 1 saturated heterocycles. The van der Waals surface area contributed by atoms with Gasteiger partial charge in [-0.1, -0.05) is 58.7 Å². The second kappa shape index (κ2) is 8.84. The Morgan fingerprint density at radius 3 is 2.64 bits per heavy atom. The number of benzene rings is 2. The SMILES string of the molecule is N#CNC(=Nc1ccccc1Cl)SC1CC(=O)N(c2cc(Cl)ccc2Cl)C1=O. The zero-order valence-corrected chi connectivity index (χ0v) is 17.1. The number of nitrogens with one attached hydrogen (secondary N) is 1. The van der Waals surface area contributed by atoms with Gasteiger partial charge in [0.25, 0.3) is 0 Å². The van der Waals surface area contributed by atoms with Crippen molar-refractivity contribution in [1.82, 2.24) is 5.32 Å². The maximum atomic E-state index is 12.8. The van der Waals surface area contributed by atoms with E-state index in [1.54, 1.807) is 36.5 Å². The molecule has 1 fully saturated rings. The van der Waals surface area contributed by atoms with Gasteiger partial charge in [-0.15, -0.1) is 0 Å².